The van der Waals surface area contributed by atoms with Crippen LogP contribution in [0.1, 0.15) is 15.9 Å². The molecule has 0 atom stereocenters. The molecule has 146 valence electrons. The largest absolute Gasteiger partial charge is 0.497 e. The molecule has 0 radical (unpaired) electrons. The molecule has 0 aliphatic heterocycles. The monoisotopic (exact) mass is 391 g/mol. The number of amides is 1. The van der Waals surface area contributed by atoms with Crippen LogP contribution in [0.4, 0.5) is 10.1 Å². The lowest BCUT2D eigenvalue weighted by molar-refractivity contribution is -0.128. The molecule has 3 rings (SSSR count). The fraction of sp³-hybridized carbons (Fsp3) is 0.0435. The standard InChI is InChI=1S/C23H18FNO4/c1-28-20-13-9-19(10-14-20)25-23(27)17-5-11-21(12-6-17)29-22(26)15-4-16-2-7-18(24)8-3-16/h2-15H,1H3,(H,25,27)/b15-4+. The third-order valence-electron chi connectivity index (χ3n) is 3.96. The van der Waals surface area contributed by atoms with Gasteiger partial charge in [-0.2, -0.15) is 0 Å². The Morgan fingerprint density at radius 1 is 0.862 bits per heavy atom. The Kier molecular flexibility index (Phi) is 6.37. The summed E-state index contributed by atoms with van der Waals surface area (Å²) >= 11 is 0. The highest BCUT2D eigenvalue weighted by Gasteiger charge is 2.08. The van der Waals surface area contributed by atoms with Crippen LogP contribution >= 0.6 is 0 Å². The van der Waals surface area contributed by atoms with Crippen molar-refractivity contribution in [1.29, 1.82) is 0 Å². The summed E-state index contributed by atoms with van der Waals surface area (Å²) in [5.74, 6) is -0.211. The summed E-state index contributed by atoms with van der Waals surface area (Å²) in [6.07, 6.45) is 2.77. The highest BCUT2D eigenvalue weighted by Crippen LogP contribution is 2.17. The number of esters is 1. The van der Waals surface area contributed by atoms with E-state index in [1.54, 1.807) is 55.6 Å². The predicted molar refractivity (Wildman–Crippen MR) is 108 cm³/mol. The van der Waals surface area contributed by atoms with E-state index in [0.29, 0.717) is 28.3 Å². The highest BCUT2D eigenvalue weighted by molar-refractivity contribution is 6.04. The molecule has 0 fully saturated rings. The van der Waals surface area contributed by atoms with Crippen molar-refractivity contribution in [3.05, 3.63) is 95.8 Å². The van der Waals surface area contributed by atoms with Crippen molar-refractivity contribution >= 4 is 23.6 Å². The molecule has 1 amide bonds. The maximum Gasteiger partial charge on any atom is 0.336 e. The molecule has 3 aromatic rings. The number of ether oxygens (including phenoxy) is 2. The fourth-order valence-corrected chi connectivity index (χ4v) is 2.44. The molecule has 5 nitrogen and oxygen atoms in total. The number of hydrogen-bond acceptors (Lipinski definition) is 4. The van der Waals surface area contributed by atoms with Crippen LogP contribution in [-0.2, 0) is 4.79 Å². The van der Waals surface area contributed by atoms with Gasteiger partial charge in [-0.1, -0.05) is 12.1 Å². The van der Waals surface area contributed by atoms with Crippen molar-refractivity contribution in [2.24, 2.45) is 0 Å². The summed E-state index contributed by atoms with van der Waals surface area (Å²) in [4.78, 5) is 24.2. The Balaban J connectivity index is 1.56. The molecule has 0 bridgehead atoms. The van der Waals surface area contributed by atoms with Crippen molar-refractivity contribution in [2.45, 2.75) is 0 Å². The zero-order valence-electron chi connectivity index (χ0n) is 15.6. The number of carbonyl (C=O) groups is 2. The van der Waals surface area contributed by atoms with E-state index in [2.05, 4.69) is 5.32 Å². The van der Waals surface area contributed by atoms with E-state index in [1.807, 2.05) is 0 Å². The lowest BCUT2D eigenvalue weighted by Gasteiger charge is -2.07. The van der Waals surface area contributed by atoms with Gasteiger partial charge in [0.25, 0.3) is 5.91 Å². The van der Waals surface area contributed by atoms with Crippen LogP contribution in [0.25, 0.3) is 6.08 Å². The number of benzene rings is 3. The van der Waals surface area contributed by atoms with Gasteiger partial charge < -0.3 is 14.8 Å². The number of halogens is 1. The quantitative estimate of drug-likeness (QED) is 0.376. The van der Waals surface area contributed by atoms with Gasteiger partial charge in [0.15, 0.2) is 0 Å². The number of carbonyl (C=O) groups excluding carboxylic acids is 2. The molecule has 1 N–H and O–H groups in total. The van der Waals surface area contributed by atoms with Crippen molar-refractivity contribution in [3.8, 4) is 11.5 Å². The minimum Gasteiger partial charge on any atom is -0.497 e. The molecule has 3 aromatic carbocycles. The Morgan fingerprint density at radius 3 is 2.10 bits per heavy atom. The normalized spacial score (nSPS) is 10.6. The maximum absolute atomic E-state index is 12.9. The van der Waals surface area contributed by atoms with Crippen LogP contribution in [0.5, 0.6) is 11.5 Å². The molecule has 0 aromatic heterocycles. The first-order valence-corrected chi connectivity index (χ1v) is 8.74. The second-order valence-corrected chi connectivity index (χ2v) is 6.01. The molecule has 0 aliphatic rings. The van der Waals surface area contributed by atoms with Crippen molar-refractivity contribution in [3.63, 3.8) is 0 Å². The topological polar surface area (TPSA) is 64.6 Å². The summed E-state index contributed by atoms with van der Waals surface area (Å²) < 4.78 is 23.1. The van der Waals surface area contributed by atoms with Crippen LogP contribution in [0.2, 0.25) is 0 Å². The van der Waals surface area contributed by atoms with Crippen LogP contribution in [-0.4, -0.2) is 19.0 Å². The van der Waals surface area contributed by atoms with E-state index >= 15 is 0 Å². The Labute approximate surface area is 167 Å². The van der Waals surface area contributed by atoms with Gasteiger partial charge >= 0.3 is 5.97 Å². The molecule has 0 saturated heterocycles. The molecule has 0 heterocycles. The van der Waals surface area contributed by atoms with E-state index in [1.165, 1.54) is 36.4 Å². The van der Waals surface area contributed by atoms with Crippen LogP contribution in [0.3, 0.4) is 0 Å². The van der Waals surface area contributed by atoms with Gasteiger partial charge in [0.2, 0.25) is 0 Å². The molecule has 6 heteroatoms. The number of rotatable bonds is 6. The maximum atomic E-state index is 12.9. The van der Waals surface area contributed by atoms with Crippen LogP contribution < -0.4 is 14.8 Å². The van der Waals surface area contributed by atoms with Gasteiger partial charge in [-0.05, 0) is 72.3 Å². The minimum absolute atomic E-state index is 0.288. The minimum atomic E-state index is -0.579. The summed E-state index contributed by atoms with van der Waals surface area (Å²) in [6.45, 7) is 0. The SMILES string of the molecule is COc1ccc(NC(=O)c2ccc(OC(=O)/C=C/c3ccc(F)cc3)cc2)cc1. The second kappa shape index (κ2) is 9.32. The van der Waals surface area contributed by atoms with Crippen molar-refractivity contribution in [1.82, 2.24) is 0 Å². The molecular weight excluding hydrogens is 373 g/mol. The first-order valence-electron chi connectivity index (χ1n) is 8.74. The number of hydrogen-bond donors (Lipinski definition) is 1. The first kappa shape index (κ1) is 19.8. The van der Waals surface area contributed by atoms with E-state index in [-0.39, 0.29) is 11.7 Å². The smallest absolute Gasteiger partial charge is 0.336 e. The van der Waals surface area contributed by atoms with E-state index < -0.39 is 5.97 Å². The summed E-state index contributed by atoms with van der Waals surface area (Å²) in [5, 5.41) is 2.77. The van der Waals surface area contributed by atoms with Gasteiger partial charge in [0.05, 0.1) is 7.11 Å². The van der Waals surface area contributed by atoms with Crippen molar-refractivity contribution in [2.75, 3.05) is 12.4 Å². The van der Waals surface area contributed by atoms with E-state index in [0.717, 1.165) is 0 Å². The molecule has 29 heavy (non-hydrogen) atoms. The number of methoxy groups -OCH3 is 1. The van der Waals surface area contributed by atoms with Gasteiger partial charge in [0, 0.05) is 17.3 Å². The average Bonchev–Trinajstić information content (AvgIpc) is 2.74. The summed E-state index contributed by atoms with van der Waals surface area (Å²) in [6, 6.07) is 18.9. The first-order chi connectivity index (χ1) is 14.0. The summed E-state index contributed by atoms with van der Waals surface area (Å²) in [5.41, 5.74) is 1.73. The molecule has 0 spiro atoms. The molecular formula is C23H18FNO4. The van der Waals surface area contributed by atoms with Gasteiger partial charge in [0.1, 0.15) is 17.3 Å². The third kappa shape index (κ3) is 5.77. The number of anilines is 1. The fourth-order valence-electron chi connectivity index (χ4n) is 2.44. The second-order valence-electron chi connectivity index (χ2n) is 6.01. The van der Waals surface area contributed by atoms with Crippen LogP contribution in [0.15, 0.2) is 78.9 Å². The van der Waals surface area contributed by atoms with Gasteiger partial charge in [-0.15, -0.1) is 0 Å². The molecule has 0 unspecified atom stereocenters. The molecule has 0 saturated carbocycles. The Hall–Kier alpha value is -3.93. The lowest BCUT2D eigenvalue weighted by Crippen LogP contribution is -2.12. The third-order valence-corrected chi connectivity index (χ3v) is 3.96. The summed E-state index contributed by atoms with van der Waals surface area (Å²) in [7, 11) is 1.57. The zero-order valence-corrected chi connectivity index (χ0v) is 15.6. The van der Waals surface area contributed by atoms with Crippen molar-refractivity contribution < 1.29 is 23.5 Å². The number of nitrogens with one attached hydrogen (secondary N) is 1. The Bertz CT molecular complexity index is 1010. The van der Waals surface area contributed by atoms with E-state index in [4.69, 9.17) is 9.47 Å². The predicted octanol–water partition coefficient (Wildman–Crippen LogP) is 4.71. The van der Waals surface area contributed by atoms with Gasteiger partial charge in [-0.3, -0.25) is 4.79 Å². The lowest BCUT2D eigenvalue weighted by atomic mass is 10.2. The zero-order chi connectivity index (χ0) is 20.6. The van der Waals surface area contributed by atoms with E-state index in [9.17, 15) is 14.0 Å². The highest BCUT2D eigenvalue weighted by atomic mass is 19.1. The average molecular weight is 391 g/mol. The Morgan fingerprint density at radius 2 is 1.48 bits per heavy atom. The van der Waals surface area contributed by atoms with Crippen LogP contribution in [0, 0.1) is 5.82 Å². The molecule has 0 aliphatic carbocycles. The van der Waals surface area contributed by atoms with Gasteiger partial charge in [-0.25, -0.2) is 9.18 Å².